The average Bonchev–Trinajstić information content (AvgIpc) is 3.35. The Morgan fingerprint density at radius 3 is 2.79 bits per heavy atom. The molecule has 0 aliphatic heterocycles. The van der Waals surface area contributed by atoms with Crippen molar-refractivity contribution in [2.24, 2.45) is 0 Å². The van der Waals surface area contributed by atoms with Crippen molar-refractivity contribution >= 4 is 35.4 Å². The Labute approximate surface area is 176 Å². The van der Waals surface area contributed by atoms with Gasteiger partial charge in [0.1, 0.15) is 5.75 Å². The van der Waals surface area contributed by atoms with Gasteiger partial charge in [-0.2, -0.15) is 5.10 Å². The number of thiophene rings is 1. The van der Waals surface area contributed by atoms with Crippen molar-refractivity contribution in [2.45, 2.75) is 19.4 Å². The number of nitrogens with zero attached hydrogens (tertiary/aromatic N) is 2. The highest BCUT2D eigenvalue weighted by atomic mass is 32.1. The second-order valence-corrected chi connectivity index (χ2v) is 7.58. The maximum Gasteiger partial charge on any atom is 0.251 e. The van der Waals surface area contributed by atoms with Crippen molar-refractivity contribution < 1.29 is 14.7 Å². The third-order valence-electron chi connectivity index (χ3n) is 4.13. The van der Waals surface area contributed by atoms with Gasteiger partial charge in [-0.15, -0.1) is 11.3 Å². The molecular formula is C19H21N5O3S2. The smallest absolute Gasteiger partial charge is 0.251 e. The molecule has 0 bridgehead atoms. The van der Waals surface area contributed by atoms with E-state index >= 15 is 0 Å². The van der Waals surface area contributed by atoms with E-state index in [2.05, 4.69) is 20.8 Å². The fourth-order valence-electron chi connectivity index (χ4n) is 2.69. The van der Waals surface area contributed by atoms with E-state index in [9.17, 15) is 14.7 Å². The summed E-state index contributed by atoms with van der Waals surface area (Å²) in [5, 5.41) is 24.0. The first-order valence-electron chi connectivity index (χ1n) is 9.07. The number of nitrogens with one attached hydrogen (secondary N) is 3. The van der Waals surface area contributed by atoms with E-state index in [0.717, 1.165) is 10.7 Å². The largest absolute Gasteiger partial charge is 0.508 e. The lowest BCUT2D eigenvalue weighted by Crippen LogP contribution is -2.30. The van der Waals surface area contributed by atoms with Crippen LogP contribution in [-0.2, 0) is 11.3 Å². The quantitative estimate of drug-likeness (QED) is 0.307. The summed E-state index contributed by atoms with van der Waals surface area (Å²) >= 11 is 6.82. The van der Waals surface area contributed by atoms with Crippen LogP contribution in [0.2, 0.25) is 0 Å². The third kappa shape index (κ3) is 5.75. The standard InChI is InChI=1S/C19H21N5O3S2/c25-14-5-1-4-13(12-14)18(27)21-9-3-8-20-16(26)7-10-24-17(22-23-19(24)28)15-6-2-11-29-15/h1-2,4-6,11-12,25H,3,7-10H2,(H,20,26)(H,21,27)(H,23,28). The molecule has 0 spiro atoms. The highest BCUT2D eigenvalue weighted by molar-refractivity contribution is 7.71. The maximum atomic E-state index is 12.1. The highest BCUT2D eigenvalue weighted by Gasteiger charge is 2.11. The minimum atomic E-state index is -0.261. The molecule has 3 rings (SSSR count). The van der Waals surface area contributed by atoms with Gasteiger partial charge in [-0.25, -0.2) is 0 Å². The second kappa shape index (κ2) is 9.99. The predicted molar refractivity (Wildman–Crippen MR) is 113 cm³/mol. The first kappa shape index (κ1) is 20.7. The topological polar surface area (TPSA) is 112 Å². The minimum Gasteiger partial charge on any atom is -0.508 e. The number of carbonyl (C=O) groups is 2. The monoisotopic (exact) mass is 431 g/mol. The molecule has 1 aromatic carbocycles. The van der Waals surface area contributed by atoms with E-state index in [1.165, 1.54) is 12.1 Å². The van der Waals surface area contributed by atoms with E-state index in [1.54, 1.807) is 23.5 Å². The number of hydrogen-bond donors (Lipinski definition) is 4. The second-order valence-electron chi connectivity index (χ2n) is 6.24. The number of amides is 2. The number of hydrogen-bond acceptors (Lipinski definition) is 6. The zero-order chi connectivity index (χ0) is 20.6. The van der Waals surface area contributed by atoms with Crippen LogP contribution in [0.5, 0.6) is 5.75 Å². The minimum absolute atomic E-state index is 0.0462. The molecule has 0 aliphatic carbocycles. The summed E-state index contributed by atoms with van der Waals surface area (Å²) in [6.45, 7) is 1.31. The van der Waals surface area contributed by atoms with Gasteiger partial charge in [-0.1, -0.05) is 12.1 Å². The molecule has 8 nitrogen and oxygen atoms in total. The van der Waals surface area contributed by atoms with Gasteiger partial charge >= 0.3 is 0 Å². The molecular weight excluding hydrogens is 410 g/mol. The average molecular weight is 432 g/mol. The van der Waals surface area contributed by atoms with Crippen molar-refractivity contribution in [3.05, 3.63) is 52.1 Å². The SMILES string of the molecule is O=C(CCn1c(-c2cccs2)n[nH]c1=S)NCCCNC(=O)c1cccc(O)c1. The lowest BCUT2D eigenvalue weighted by atomic mass is 10.2. The lowest BCUT2D eigenvalue weighted by molar-refractivity contribution is -0.121. The van der Waals surface area contributed by atoms with Crippen molar-refractivity contribution in [3.63, 3.8) is 0 Å². The molecule has 0 atom stereocenters. The molecule has 29 heavy (non-hydrogen) atoms. The Morgan fingerprint density at radius 1 is 1.21 bits per heavy atom. The molecule has 10 heteroatoms. The van der Waals surface area contributed by atoms with Gasteiger partial charge in [-0.3, -0.25) is 19.3 Å². The molecule has 0 fully saturated rings. The number of aromatic amines is 1. The predicted octanol–water partition coefficient (Wildman–Crippen LogP) is 2.70. The maximum absolute atomic E-state index is 12.1. The van der Waals surface area contributed by atoms with Gasteiger partial charge in [-0.05, 0) is 48.3 Å². The van der Waals surface area contributed by atoms with E-state index in [0.29, 0.717) is 36.4 Å². The summed E-state index contributed by atoms with van der Waals surface area (Å²) in [6, 6.07) is 10.0. The number of H-pyrrole nitrogens is 1. The highest BCUT2D eigenvalue weighted by Crippen LogP contribution is 2.22. The fraction of sp³-hybridized carbons (Fsp3) is 0.263. The molecule has 0 aliphatic rings. The van der Waals surface area contributed by atoms with E-state index < -0.39 is 0 Å². The Bertz CT molecular complexity index is 1030. The third-order valence-corrected chi connectivity index (χ3v) is 5.31. The number of aromatic hydroxyl groups is 1. The lowest BCUT2D eigenvalue weighted by Gasteiger charge is -2.08. The van der Waals surface area contributed by atoms with Crippen LogP contribution in [0.1, 0.15) is 23.2 Å². The molecule has 3 aromatic rings. The molecule has 2 amide bonds. The number of phenols is 1. The summed E-state index contributed by atoms with van der Waals surface area (Å²) in [7, 11) is 0. The summed E-state index contributed by atoms with van der Waals surface area (Å²) < 4.78 is 2.30. The van der Waals surface area contributed by atoms with Crippen LogP contribution < -0.4 is 10.6 Å². The Morgan fingerprint density at radius 2 is 2.03 bits per heavy atom. The summed E-state index contributed by atoms with van der Waals surface area (Å²) in [4.78, 5) is 25.0. The van der Waals surface area contributed by atoms with Gasteiger partial charge in [0.05, 0.1) is 4.88 Å². The van der Waals surface area contributed by atoms with Crippen LogP contribution >= 0.6 is 23.6 Å². The van der Waals surface area contributed by atoms with Crippen LogP contribution in [0.25, 0.3) is 10.7 Å². The van der Waals surface area contributed by atoms with Gasteiger partial charge in [0.2, 0.25) is 5.91 Å². The number of benzene rings is 1. The van der Waals surface area contributed by atoms with Gasteiger partial charge < -0.3 is 15.7 Å². The van der Waals surface area contributed by atoms with Gasteiger partial charge in [0, 0.05) is 31.6 Å². The van der Waals surface area contributed by atoms with Crippen molar-refractivity contribution in [1.29, 1.82) is 0 Å². The van der Waals surface area contributed by atoms with Crippen LogP contribution in [0.15, 0.2) is 41.8 Å². The van der Waals surface area contributed by atoms with Crippen LogP contribution in [0, 0.1) is 4.77 Å². The van der Waals surface area contributed by atoms with E-state index in [-0.39, 0.29) is 24.0 Å². The van der Waals surface area contributed by atoms with Crippen molar-refractivity contribution in [1.82, 2.24) is 25.4 Å². The first-order chi connectivity index (χ1) is 14.0. The zero-order valence-corrected chi connectivity index (χ0v) is 17.2. The molecule has 2 aromatic heterocycles. The summed E-state index contributed by atoms with van der Waals surface area (Å²) in [6.07, 6.45) is 0.879. The summed E-state index contributed by atoms with van der Waals surface area (Å²) in [5.74, 6) is 0.421. The molecule has 4 N–H and O–H groups in total. The Kier molecular flexibility index (Phi) is 7.14. The van der Waals surface area contributed by atoms with E-state index in [1.807, 2.05) is 22.1 Å². The first-order valence-corrected chi connectivity index (χ1v) is 10.4. The molecule has 0 saturated heterocycles. The number of carbonyl (C=O) groups excluding carboxylic acids is 2. The summed E-state index contributed by atoms with van der Waals surface area (Å²) in [5.41, 5.74) is 0.396. The molecule has 0 saturated carbocycles. The molecule has 2 heterocycles. The van der Waals surface area contributed by atoms with Crippen LogP contribution in [0.3, 0.4) is 0 Å². The Balaban J connectivity index is 1.37. The van der Waals surface area contributed by atoms with Gasteiger partial charge in [0.15, 0.2) is 10.6 Å². The molecule has 0 unspecified atom stereocenters. The molecule has 152 valence electrons. The molecule has 0 radical (unpaired) electrons. The zero-order valence-electron chi connectivity index (χ0n) is 15.6. The van der Waals surface area contributed by atoms with Crippen LogP contribution in [0.4, 0.5) is 0 Å². The number of rotatable bonds is 9. The van der Waals surface area contributed by atoms with Crippen molar-refractivity contribution in [2.75, 3.05) is 13.1 Å². The van der Waals surface area contributed by atoms with Crippen LogP contribution in [-0.4, -0.2) is 44.8 Å². The number of aromatic nitrogens is 3. The fourth-order valence-corrected chi connectivity index (χ4v) is 3.63. The Hall–Kier alpha value is -2.98. The van der Waals surface area contributed by atoms with E-state index in [4.69, 9.17) is 12.2 Å². The van der Waals surface area contributed by atoms with Crippen molar-refractivity contribution in [3.8, 4) is 16.5 Å². The number of phenolic OH excluding ortho intramolecular Hbond substituents is 1. The normalized spacial score (nSPS) is 10.6. The van der Waals surface area contributed by atoms with Gasteiger partial charge in [0.25, 0.3) is 5.91 Å².